The summed E-state index contributed by atoms with van der Waals surface area (Å²) in [6.45, 7) is 0. The minimum absolute atomic E-state index is 0.451. The summed E-state index contributed by atoms with van der Waals surface area (Å²) < 4.78 is 11.0. The fraction of sp³-hybridized carbons (Fsp3) is 1.00. The standard InChI is InChI=1S/CHCl2FS/c2-1(4)5-3/h1H. The van der Waals surface area contributed by atoms with Crippen molar-refractivity contribution in [2.45, 2.75) is 4.96 Å². The fourth-order valence-corrected chi connectivity index (χ4v) is 0. The molecule has 1 unspecified atom stereocenters. The first-order valence-electron chi connectivity index (χ1n) is 0.826. The summed E-state index contributed by atoms with van der Waals surface area (Å²) in [4.78, 5) is -1.46. The van der Waals surface area contributed by atoms with E-state index >= 15 is 0 Å². The molecule has 0 aromatic rings. The van der Waals surface area contributed by atoms with E-state index in [2.05, 4.69) is 11.6 Å². The van der Waals surface area contributed by atoms with Crippen LogP contribution in [0.3, 0.4) is 0 Å². The average molecular weight is 135 g/mol. The quantitative estimate of drug-likeness (QED) is 0.497. The van der Waals surface area contributed by atoms with Gasteiger partial charge in [0.25, 0.3) is 0 Å². The van der Waals surface area contributed by atoms with Crippen LogP contribution in [0.4, 0.5) is 4.39 Å². The molecule has 0 rings (SSSR count). The van der Waals surface area contributed by atoms with Crippen LogP contribution in [0.1, 0.15) is 0 Å². The Morgan fingerprint density at radius 1 is 1.80 bits per heavy atom. The molecule has 0 heterocycles. The van der Waals surface area contributed by atoms with Crippen molar-refractivity contribution in [3.63, 3.8) is 0 Å². The van der Waals surface area contributed by atoms with E-state index in [1.807, 2.05) is 0 Å². The molecular weight excluding hydrogens is 134 g/mol. The van der Waals surface area contributed by atoms with Crippen LogP contribution in [0.2, 0.25) is 0 Å². The second-order valence-corrected chi connectivity index (χ2v) is 2.12. The van der Waals surface area contributed by atoms with Gasteiger partial charge >= 0.3 is 0 Å². The normalized spacial score (nSPS) is 15.0. The molecule has 0 aliphatic carbocycles. The van der Waals surface area contributed by atoms with Crippen molar-refractivity contribution >= 4 is 33.3 Å². The molecular formula is CHCl2FS. The molecule has 0 fully saturated rings. The summed E-state index contributed by atoms with van der Waals surface area (Å²) in [5, 5.41) is 0. The molecule has 0 aromatic carbocycles. The van der Waals surface area contributed by atoms with Gasteiger partial charge in [0.15, 0.2) is 0 Å². The maximum atomic E-state index is 11.0. The Kier molecular flexibility index (Phi) is 3.59. The molecule has 32 valence electrons. The summed E-state index contributed by atoms with van der Waals surface area (Å²) in [6.07, 6.45) is 0. The van der Waals surface area contributed by atoms with Gasteiger partial charge in [0.1, 0.15) is 0 Å². The lowest BCUT2D eigenvalue weighted by molar-refractivity contribution is 0.563. The molecule has 0 bridgehead atoms. The van der Waals surface area contributed by atoms with Crippen molar-refractivity contribution in [2.75, 3.05) is 0 Å². The summed E-state index contributed by atoms with van der Waals surface area (Å²) in [5.74, 6) is 0. The van der Waals surface area contributed by atoms with Gasteiger partial charge in [0, 0.05) is 0 Å². The first kappa shape index (κ1) is 5.86. The van der Waals surface area contributed by atoms with E-state index in [1.54, 1.807) is 0 Å². The van der Waals surface area contributed by atoms with Gasteiger partial charge in [-0.3, -0.25) is 0 Å². The molecule has 5 heavy (non-hydrogen) atoms. The smallest absolute Gasteiger partial charge is 0.216 e. The van der Waals surface area contributed by atoms with Crippen LogP contribution >= 0.6 is 33.3 Å². The van der Waals surface area contributed by atoms with Gasteiger partial charge in [-0.05, 0) is 21.7 Å². The van der Waals surface area contributed by atoms with Gasteiger partial charge in [0.2, 0.25) is 4.96 Å². The van der Waals surface area contributed by atoms with E-state index < -0.39 is 4.96 Å². The fourth-order valence-electron chi connectivity index (χ4n) is 0. The Hall–Kier alpha value is 0.860. The minimum atomic E-state index is -1.46. The average Bonchev–Trinajstić information content (AvgIpc) is 1.38. The number of halogens is 3. The molecule has 0 spiro atoms. The summed E-state index contributed by atoms with van der Waals surface area (Å²) in [5.41, 5.74) is 0. The first-order valence-corrected chi connectivity index (χ1v) is 2.97. The molecule has 0 radical (unpaired) electrons. The highest BCUT2D eigenvalue weighted by Crippen LogP contribution is 2.19. The molecule has 4 heteroatoms. The minimum Gasteiger partial charge on any atom is -0.216 e. The lowest BCUT2D eigenvalue weighted by Gasteiger charge is -1.80. The monoisotopic (exact) mass is 134 g/mol. The van der Waals surface area contributed by atoms with Gasteiger partial charge in [-0.1, -0.05) is 11.6 Å². The van der Waals surface area contributed by atoms with E-state index in [1.165, 1.54) is 0 Å². The SMILES string of the molecule is FC(Cl)SCl. The van der Waals surface area contributed by atoms with Crippen molar-refractivity contribution in [3.8, 4) is 0 Å². The molecule has 0 N–H and O–H groups in total. The van der Waals surface area contributed by atoms with Crippen LogP contribution < -0.4 is 0 Å². The third-order valence-electron chi connectivity index (χ3n) is 0.0673. The van der Waals surface area contributed by atoms with Gasteiger partial charge in [-0.2, -0.15) is 0 Å². The van der Waals surface area contributed by atoms with Gasteiger partial charge in [-0.15, -0.1) is 0 Å². The number of alkyl halides is 2. The second kappa shape index (κ2) is 3.07. The van der Waals surface area contributed by atoms with Crippen molar-refractivity contribution in [3.05, 3.63) is 0 Å². The van der Waals surface area contributed by atoms with E-state index in [9.17, 15) is 4.39 Å². The summed E-state index contributed by atoms with van der Waals surface area (Å²) in [7, 11) is 5.20. The topological polar surface area (TPSA) is 0 Å². The highest BCUT2D eigenvalue weighted by molar-refractivity contribution is 8.22. The Balaban J connectivity index is 2.54. The zero-order valence-electron chi connectivity index (χ0n) is 2.12. The molecule has 1 atom stereocenters. The Labute approximate surface area is 43.1 Å². The van der Waals surface area contributed by atoms with Crippen molar-refractivity contribution in [1.29, 1.82) is 0 Å². The predicted octanol–water partition coefficient (Wildman–Crippen LogP) is 2.37. The van der Waals surface area contributed by atoms with Crippen molar-refractivity contribution in [1.82, 2.24) is 0 Å². The van der Waals surface area contributed by atoms with Crippen molar-refractivity contribution < 1.29 is 4.39 Å². The third kappa shape index (κ3) is 4.86. The molecule has 0 saturated carbocycles. The molecule has 0 amide bonds. The van der Waals surface area contributed by atoms with Crippen LogP contribution in [-0.4, -0.2) is 4.96 Å². The molecule has 0 saturated heterocycles. The molecule has 0 aliphatic rings. The van der Waals surface area contributed by atoms with Crippen LogP contribution in [0.5, 0.6) is 0 Å². The maximum Gasteiger partial charge on any atom is 0.233 e. The number of hydrogen-bond donors (Lipinski definition) is 0. The third-order valence-corrected chi connectivity index (χ3v) is 1.21. The highest BCUT2D eigenvalue weighted by atomic mass is 35.7. The van der Waals surface area contributed by atoms with Crippen LogP contribution in [0.25, 0.3) is 0 Å². The largest absolute Gasteiger partial charge is 0.233 e. The van der Waals surface area contributed by atoms with Gasteiger partial charge in [0.05, 0.1) is 0 Å². The number of rotatable bonds is 1. The van der Waals surface area contributed by atoms with E-state index in [0.29, 0.717) is 11.0 Å². The zero-order chi connectivity index (χ0) is 4.28. The van der Waals surface area contributed by atoms with Crippen LogP contribution in [0.15, 0.2) is 0 Å². The van der Waals surface area contributed by atoms with E-state index in [4.69, 9.17) is 10.7 Å². The lowest BCUT2D eigenvalue weighted by Crippen LogP contribution is -1.65. The second-order valence-electron chi connectivity index (χ2n) is 0.350. The Morgan fingerprint density at radius 2 is 2.00 bits per heavy atom. The Bertz CT molecular complexity index is 23.6. The van der Waals surface area contributed by atoms with Crippen molar-refractivity contribution in [2.24, 2.45) is 0 Å². The van der Waals surface area contributed by atoms with E-state index in [-0.39, 0.29) is 0 Å². The Morgan fingerprint density at radius 3 is 2.00 bits per heavy atom. The first-order chi connectivity index (χ1) is 2.27. The molecule has 0 aliphatic heterocycles. The highest BCUT2D eigenvalue weighted by Gasteiger charge is 1.92. The molecule has 0 aromatic heterocycles. The van der Waals surface area contributed by atoms with Gasteiger partial charge in [-0.25, -0.2) is 4.39 Å². The van der Waals surface area contributed by atoms with Crippen LogP contribution in [-0.2, 0) is 0 Å². The lowest BCUT2D eigenvalue weighted by atomic mass is 11.8. The van der Waals surface area contributed by atoms with E-state index in [0.717, 1.165) is 0 Å². The van der Waals surface area contributed by atoms with Gasteiger partial charge < -0.3 is 0 Å². The van der Waals surface area contributed by atoms with Crippen LogP contribution in [0, 0.1) is 0 Å². The number of hydrogen-bond acceptors (Lipinski definition) is 1. The maximum absolute atomic E-state index is 11.0. The predicted molar refractivity (Wildman–Crippen MR) is 24.2 cm³/mol. The zero-order valence-corrected chi connectivity index (χ0v) is 4.45. The summed E-state index contributed by atoms with van der Waals surface area (Å²) >= 11 is 4.63. The molecule has 0 nitrogen and oxygen atoms in total. The summed E-state index contributed by atoms with van der Waals surface area (Å²) in [6, 6.07) is 0.